The van der Waals surface area contributed by atoms with Crippen molar-refractivity contribution in [3.8, 4) is 17.1 Å². The Labute approximate surface area is 153 Å². The second-order valence-electron chi connectivity index (χ2n) is 5.00. The highest BCUT2D eigenvalue weighted by Crippen LogP contribution is 2.22. The lowest BCUT2D eigenvalue weighted by Crippen LogP contribution is -1.97. The summed E-state index contributed by atoms with van der Waals surface area (Å²) in [6, 6.07) is 11.8. The minimum atomic E-state index is -0.464. The maximum absolute atomic E-state index is 13.9. The minimum absolute atomic E-state index is 0.185. The molecule has 0 atom stereocenters. The maximum Gasteiger partial charge on any atom is 0.216 e. The number of nitrogens with zero attached hydrogens (tertiary/aromatic N) is 3. The third-order valence-electron chi connectivity index (χ3n) is 3.38. The van der Waals surface area contributed by atoms with E-state index in [2.05, 4.69) is 15.3 Å². The average molecular weight is 377 g/mol. The first kappa shape index (κ1) is 17.3. The molecular formula is C17H14ClFN4OS. The van der Waals surface area contributed by atoms with E-state index in [4.69, 9.17) is 28.6 Å². The number of halogens is 2. The van der Waals surface area contributed by atoms with Crippen LogP contribution in [0.5, 0.6) is 5.75 Å². The molecule has 0 aliphatic carbocycles. The first-order valence-corrected chi connectivity index (χ1v) is 8.27. The summed E-state index contributed by atoms with van der Waals surface area (Å²) in [5.41, 5.74) is 0.970. The molecule has 2 aromatic carbocycles. The fourth-order valence-corrected chi connectivity index (χ4v) is 2.59. The molecule has 5 nitrogen and oxygen atoms in total. The van der Waals surface area contributed by atoms with Gasteiger partial charge in [0.2, 0.25) is 4.77 Å². The number of H-pyrrole nitrogens is 1. The van der Waals surface area contributed by atoms with Crippen LogP contribution >= 0.6 is 23.8 Å². The quantitative estimate of drug-likeness (QED) is 0.519. The van der Waals surface area contributed by atoms with Crippen molar-refractivity contribution in [2.45, 2.75) is 6.92 Å². The van der Waals surface area contributed by atoms with Crippen molar-refractivity contribution >= 4 is 30.0 Å². The van der Waals surface area contributed by atoms with Crippen molar-refractivity contribution in [3.05, 3.63) is 63.6 Å². The molecule has 0 amide bonds. The van der Waals surface area contributed by atoms with Gasteiger partial charge < -0.3 is 4.74 Å². The predicted octanol–water partition coefficient (Wildman–Crippen LogP) is 4.68. The summed E-state index contributed by atoms with van der Waals surface area (Å²) in [6.45, 7) is 2.51. The van der Waals surface area contributed by atoms with E-state index in [-0.39, 0.29) is 15.4 Å². The van der Waals surface area contributed by atoms with Crippen LogP contribution in [0.3, 0.4) is 0 Å². The summed E-state index contributed by atoms with van der Waals surface area (Å²) >= 11 is 11.2. The molecule has 1 N–H and O–H groups in total. The van der Waals surface area contributed by atoms with Gasteiger partial charge >= 0.3 is 0 Å². The van der Waals surface area contributed by atoms with Crippen LogP contribution in [-0.4, -0.2) is 27.7 Å². The Kier molecular flexibility index (Phi) is 5.25. The van der Waals surface area contributed by atoms with Crippen LogP contribution in [0.4, 0.5) is 4.39 Å². The highest BCUT2D eigenvalue weighted by molar-refractivity contribution is 7.71. The summed E-state index contributed by atoms with van der Waals surface area (Å²) in [6.07, 6.45) is 1.32. The van der Waals surface area contributed by atoms with Crippen LogP contribution in [0.2, 0.25) is 5.02 Å². The van der Waals surface area contributed by atoms with E-state index in [1.54, 1.807) is 6.07 Å². The molecule has 0 unspecified atom stereocenters. The summed E-state index contributed by atoms with van der Waals surface area (Å²) in [5.74, 6) is 0.791. The zero-order valence-corrected chi connectivity index (χ0v) is 14.8. The fraction of sp³-hybridized carbons (Fsp3) is 0.118. The van der Waals surface area contributed by atoms with Gasteiger partial charge in [-0.2, -0.15) is 14.9 Å². The molecule has 0 spiro atoms. The van der Waals surface area contributed by atoms with Crippen LogP contribution in [-0.2, 0) is 0 Å². The fourth-order valence-electron chi connectivity index (χ4n) is 2.20. The van der Waals surface area contributed by atoms with E-state index in [0.717, 1.165) is 11.3 Å². The van der Waals surface area contributed by atoms with Gasteiger partial charge in [-0.3, -0.25) is 0 Å². The number of rotatable bonds is 5. The Morgan fingerprint density at radius 1 is 1.32 bits per heavy atom. The number of nitrogens with one attached hydrogen (secondary N) is 1. The first-order valence-electron chi connectivity index (χ1n) is 7.49. The molecule has 128 valence electrons. The maximum atomic E-state index is 13.9. The molecular weight excluding hydrogens is 363 g/mol. The summed E-state index contributed by atoms with van der Waals surface area (Å²) in [7, 11) is 0. The molecule has 0 fully saturated rings. The number of aromatic amines is 1. The van der Waals surface area contributed by atoms with Gasteiger partial charge in [-0.25, -0.2) is 9.49 Å². The van der Waals surface area contributed by atoms with Crippen LogP contribution < -0.4 is 4.74 Å². The summed E-state index contributed by atoms with van der Waals surface area (Å²) in [5, 5.41) is 11.4. The topological polar surface area (TPSA) is 55.2 Å². The van der Waals surface area contributed by atoms with Gasteiger partial charge in [0, 0.05) is 11.1 Å². The molecule has 0 radical (unpaired) electrons. The molecule has 25 heavy (non-hydrogen) atoms. The number of hydrogen-bond acceptors (Lipinski definition) is 4. The highest BCUT2D eigenvalue weighted by atomic mass is 35.5. The zero-order valence-electron chi connectivity index (χ0n) is 13.2. The van der Waals surface area contributed by atoms with Crippen LogP contribution in [0.1, 0.15) is 12.5 Å². The van der Waals surface area contributed by atoms with Crippen LogP contribution in [0.15, 0.2) is 47.6 Å². The van der Waals surface area contributed by atoms with Gasteiger partial charge in [0.15, 0.2) is 5.82 Å². The lowest BCUT2D eigenvalue weighted by atomic mass is 10.2. The third-order valence-corrected chi connectivity index (χ3v) is 3.97. The standard InChI is InChI=1S/C17H14ClFN4OS/c1-2-24-12-8-6-11(7-9-12)16-21-22-17(25)23(16)20-10-13-14(18)4-3-5-15(13)19/h3-10H,2H2,1H3,(H,22,25)/b20-10-. The van der Waals surface area contributed by atoms with E-state index < -0.39 is 5.82 Å². The molecule has 0 bridgehead atoms. The largest absolute Gasteiger partial charge is 0.494 e. The zero-order chi connectivity index (χ0) is 17.8. The smallest absolute Gasteiger partial charge is 0.216 e. The van der Waals surface area contributed by atoms with Crippen molar-refractivity contribution in [2.24, 2.45) is 5.10 Å². The second-order valence-corrected chi connectivity index (χ2v) is 5.80. The van der Waals surface area contributed by atoms with Gasteiger partial charge in [0.05, 0.1) is 17.8 Å². The van der Waals surface area contributed by atoms with Gasteiger partial charge in [0.1, 0.15) is 11.6 Å². The second kappa shape index (κ2) is 7.58. The molecule has 0 saturated heterocycles. The van der Waals surface area contributed by atoms with Crippen LogP contribution in [0.25, 0.3) is 11.4 Å². The predicted molar refractivity (Wildman–Crippen MR) is 98.4 cm³/mol. The number of aromatic nitrogens is 3. The van der Waals surface area contributed by atoms with E-state index in [0.29, 0.717) is 12.4 Å². The van der Waals surface area contributed by atoms with Crippen molar-refractivity contribution in [2.75, 3.05) is 6.61 Å². The average Bonchev–Trinajstić information content (AvgIpc) is 2.96. The first-order chi connectivity index (χ1) is 12.1. The Morgan fingerprint density at radius 3 is 2.76 bits per heavy atom. The Bertz CT molecular complexity index is 945. The van der Waals surface area contributed by atoms with E-state index in [9.17, 15) is 4.39 Å². The van der Waals surface area contributed by atoms with E-state index >= 15 is 0 Å². The highest BCUT2D eigenvalue weighted by Gasteiger charge is 2.09. The summed E-state index contributed by atoms with van der Waals surface area (Å²) in [4.78, 5) is 0. The molecule has 0 saturated carbocycles. The summed E-state index contributed by atoms with van der Waals surface area (Å²) < 4.78 is 21.0. The molecule has 1 aromatic heterocycles. The van der Waals surface area contributed by atoms with Crippen LogP contribution in [0, 0.1) is 10.6 Å². The molecule has 0 aliphatic rings. The van der Waals surface area contributed by atoms with Crippen molar-refractivity contribution in [3.63, 3.8) is 0 Å². The van der Waals surface area contributed by atoms with Crippen molar-refractivity contribution in [1.29, 1.82) is 0 Å². The van der Waals surface area contributed by atoms with E-state index in [1.807, 2.05) is 31.2 Å². The lowest BCUT2D eigenvalue weighted by Gasteiger charge is -2.05. The van der Waals surface area contributed by atoms with Crippen molar-refractivity contribution < 1.29 is 9.13 Å². The minimum Gasteiger partial charge on any atom is -0.494 e. The SMILES string of the molecule is CCOc1ccc(-c2n[nH]c(=S)n2/N=C\c2c(F)cccc2Cl)cc1. The Balaban J connectivity index is 1.97. The third kappa shape index (κ3) is 3.78. The van der Waals surface area contributed by atoms with E-state index in [1.165, 1.54) is 23.0 Å². The Morgan fingerprint density at radius 2 is 2.08 bits per heavy atom. The molecule has 0 aliphatic heterocycles. The molecule has 1 heterocycles. The van der Waals surface area contributed by atoms with Gasteiger partial charge in [0.25, 0.3) is 0 Å². The molecule has 8 heteroatoms. The van der Waals surface area contributed by atoms with Gasteiger partial charge in [-0.05, 0) is 55.5 Å². The number of hydrogen-bond donors (Lipinski definition) is 1. The normalized spacial score (nSPS) is 11.2. The van der Waals surface area contributed by atoms with Crippen molar-refractivity contribution in [1.82, 2.24) is 14.9 Å². The Hall–Kier alpha value is -2.51. The monoisotopic (exact) mass is 376 g/mol. The number of benzene rings is 2. The number of ether oxygens (including phenoxy) is 1. The molecule has 3 aromatic rings. The lowest BCUT2D eigenvalue weighted by molar-refractivity contribution is 0.340. The van der Waals surface area contributed by atoms with Gasteiger partial charge in [-0.1, -0.05) is 17.7 Å². The van der Waals surface area contributed by atoms with Gasteiger partial charge in [-0.15, -0.1) is 0 Å². The molecule has 3 rings (SSSR count).